The molecule has 1 aliphatic rings. The van der Waals surface area contributed by atoms with Gasteiger partial charge in [-0.2, -0.15) is 0 Å². The van der Waals surface area contributed by atoms with Crippen LogP contribution in [-0.4, -0.2) is 30.1 Å². The Morgan fingerprint density at radius 1 is 1.22 bits per heavy atom. The van der Waals surface area contributed by atoms with Crippen LogP contribution in [-0.2, 0) is 27.4 Å². The zero-order valence-corrected chi connectivity index (χ0v) is 15.3. The summed E-state index contributed by atoms with van der Waals surface area (Å²) in [6.45, 7) is 4.16. The fourth-order valence-electron chi connectivity index (χ4n) is 2.90. The summed E-state index contributed by atoms with van der Waals surface area (Å²) < 4.78 is 10.5. The van der Waals surface area contributed by atoms with E-state index < -0.39 is 25.0 Å². The van der Waals surface area contributed by atoms with Crippen molar-refractivity contribution in [2.75, 3.05) is 0 Å². The number of nitrogens with one attached hydrogen (secondary N) is 1. The minimum absolute atomic E-state index is 0.138. The molecule has 1 aliphatic heterocycles. The Bertz CT molecular complexity index is 824. The SMILES string of the molecule is CC(C)C(NC(=O)c1ccc2c(c1)B(O)OC2)C(=O)OCc1ccccc1. The Balaban J connectivity index is 1.66. The Morgan fingerprint density at radius 3 is 2.67 bits per heavy atom. The molecule has 1 amide bonds. The fourth-order valence-corrected chi connectivity index (χ4v) is 2.90. The largest absolute Gasteiger partial charge is 0.491 e. The van der Waals surface area contributed by atoms with E-state index >= 15 is 0 Å². The highest BCUT2D eigenvalue weighted by atomic mass is 16.5. The molecule has 140 valence electrons. The normalized spacial score (nSPS) is 14.0. The second-order valence-corrected chi connectivity index (χ2v) is 6.87. The van der Waals surface area contributed by atoms with Gasteiger partial charge in [-0.3, -0.25) is 4.79 Å². The van der Waals surface area contributed by atoms with Crippen molar-refractivity contribution < 1.29 is 24.0 Å². The van der Waals surface area contributed by atoms with Gasteiger partial charge in [0.2, 0.25) is 0 Å². The van der Waals surface area contributed by atoms with Crippen LogP contribution in [0.15, 0.2) is 48.5 Å². The van der Waals surface area contributed by atoms with E-state index in [1.807, 2.05) is 44.2 Å². The number of hydrogen-bond donors (Lipinski definition) is 2. The van der Waals surface area contributed by atoms with Gasteiger partial charge >= 0.3 is 13.1 Å². The lowest BCUT2D eigenvalue weighted by atomic mass is 9.78. The first-order valence-corrected chi connectivity index (χ1v) is 8.89. The molecule has 0 saturated carbocycles. The smallest absolute Gasteiger partial charge is 0.459 e. The van der Waals surface area contributed by atoms with Crippen molar-refractivity contribution in [3.05, 3.63) is 65.2 Å². The van der Waals surface area contributed by atoms with Gasteiger partial charge in [0.15, 0.2) is 0 Å². The van der Waals surface area contributed by atoms with Gasteiger partial charge in [0.25, 0.3) is 5.91 Å². The van der Waals surface area contributed by atoms with E-state index in [2.05, 4.69) is 5.32 Å². The van der Waals surface area contributed by atoms with E-state index in [4.69, 9.17) is 9.39 Å². The third-order valence-electron chi connectivity index (χ3n) is 4.50. The molecule has 27 heavy (non-hydrogen) atoms. The van der Waals surface area contributed by atoms with E-state index in [-0.39, 0.29) is 12.5 Å². The Hall–Kier alpha value is -2.64. The van der Waals surface area contributed by atoms with Crippen molar-refractivity contribution in [3.8, 4) is 0 Å². The molecular formula is C20H22BNO5. The Morgan fingerprint density at radius 2 is 1.96 bits per heavy atom. The molecule has 1 heterocycles. The summed E-state index contributed by atoms with van der Waals surface area (Å²) in [5.41, 5.74) is 2.67. The molecule has 0 bridgehead atoms. The lowest BCUT2D eigenvalue weighted by Crippen LogP contribution is -2.45. The van der Waals surface area contributed by atoms with Gasteiger partial charge < -0.3 is 19.7 Å². The zero-order valence-electron chi connectivity index (χ0n) is 15.3. The molecule has 1 atom stereocenters. The third kappa shape index (κ3) is 4.56. The molecular weight excluding hydrogens is 345 g/mol. The summed E-state index contributed by atoms with van der Waals surface area (Å²) in [6, 6.07) is 13.6. The molecule has 7 heteroatoms. The van der Waals surface area contributed by atoms with Crippen LogP contribution in [0.3, 0.4) is 0 Å². The molecule has 2 aromatic carbocycles. The van der Waals surface area contributed by atoms with Gasteiger partial charge in [0.1, 0.15) is 12.6 Å². The molecule has 6 nitrogen and oxygen atoms in total. The standard InChI is InChI=1S/C20H22BNO5/c1-13(2)18(20(24)26-11-14-6-4-3-5-7-14)22-19(23)15-8-9-16-12-27-21(25)17(16)10-15/h3-10,13,18,25H,11-12H2,1-2H3,(H,22,23). The van der Waals surface area contributed by atoms with E-state index in [0.29, 0.717) is 17.6 Å². The van der Waals surface area contributed by atoms with Gasteiger partial charge in [-0.15, -0.1) is 0 Å². The quantitative estimate of drug-likeness (QED) is 0.596. The third-order valence-corrected chi connectivity index (χ3v) is 4.50. The molecule has 0 radical (unpaired) electrons. The van der Waals surface area contributed by atoms with Crippen LogP contribution >= 0.6 is 0 Å². The summed E-state index contributed by atoms with van der Waals surface area (Å²) in [4.78, 5) is 25.1. The van der Waals surface area contributed by atoms with E-state index in [9.17, 15) is 14.6 Å². The number of ether oxygens (including phenoxy) is 1. The van der Waals surface area contributed by atoms with Crippen LogP contribution < -0.4 is 10.8 Å². The van der Waals surface area contributed by atoms with E-state index in [1.165, 1.54) is 0 Å². The Labute approximate surface area is 158 Å². The lowest BCUT2D eigenvalue weighted by Gasteiger charge is -2.21. The maximum absolute atomic E-state index is 12.6. The number of rotatable bonds is 6. The summed E-state index contributed by atoms with van der Waals surface area (Å²) >= 11 is 0. The van der Waals surface area contributed by atoms with Crippen LogP contribution in [0.2, 0.25) is 0 Å². The molecule has 0 spiro atoms. The second-order valence-electron chi connectivity index (χ2n) is 6.87. The van der Waals surface area contributed by atoms with Gasteiger partial charge in [-0.05, 0) is 34.6 Å². The highest BCUT2D eigenvalue weighted by Gasteiger charge is 2.30. The summed E-state index contributed by atoms with van der Waals surface area (Å²) in [7, 11) is -1.02. The highest BCUT2D eigenvalue weighted by molar-refractivity contribution is 6.61. The predicted molar refractivity (Wildman–Crippen MR) is 101 cm³/mol. The van der Waals surface area contributed by atoms with E-state index in [1.54, 1.807) is 18.2 Å². The minimum Gasteiger partial charge on any atom is -0.459 e. The van der Waals surface area contributed by atoms with Gasteiger partial charge in [-0.25, -0.2) is 4.79 Å². The van der Waals surface area contributed by atoms with Crippen LogP contribution in [0, 0.1) is 5.92 Å². The molecule has 0 saturated heterocycles. The maximum Gasteiger partial charge on any atom is 0.491 e. The lowest BCUT2D eigenvalue weighted by molar-refractivity contribution is -0.148. The topological polar surface area (TPSA) is 84.9 Å². The van der Waals surface area contributed by atoms with E-state index in [0.717, 1.165) is 11.1 Å². The first-order valence-electron chi connectivity index (χ1n) is 8.89. The highest BCUT2D eigenvalue weighted by Crippen LogP contribution is 2.13. The molecule has 0 aromatic heterocycles. The number of esters is 1. The minimum atomic E-state index is -1.02. The predicted octanol–water partition coefficient (Wildman–Crippen LogP) is 1.40. The van der Waals surface area contributed by atoms with Gasteiger partial charge in [0, 0.05) is 5.56 Å². The molecule has 0 fully saturated rings. The van der Waals surface area contributed by atoms with Crippen molar-refractivity contribution >= 4 is 24.5 Å². The number of fused-ring (bicyclic) bond motifs is 1. The number of carbonyl (C=O) groups excluding carboxylic acids is 2. The van der Waals surface area contributed by atoms with Crippen LogP contribution in [0.4, 0.5) is 0 Å². The van der Waals surface area contributed by atoms with Crippen LogP contribution in [0.5, 0.6) is 0 Å². The van der Waals surface area contributed by atoms with Crippen molar-refractivity contribution in [3.63, 3.8) is 0 Å². The van der Waals surface area contributed by atoms with Gasteiger partial charge in [-0.1, -0.05) is 50.2 Å². The maximum atomic E-state index is 12.6. The fraction of sp³-hybridized carbons (Fsp3) is 0.300. The molecule has 2 aromatic rings. The molecule has 2 N–H and O–H groups in total. The first-order chi connectivity index (χ1) is 13.0. The van der Waals surface area contributed by atoms with Gasteiger partial charge in [0.05, 0.1) is 6.61 Å². The number of carbonyl (C=O) groups is 2. The molecule has 3 rings (SSSR count). The number of benzene rings is 2. The number of hydrogen-bond acceptors (Lipinski definition) is 5. The average molecular weight is 367 g/mol. The Kier molecular flexibility index (Phi) is 5.93. The average Bonchev–Trinajstić information content (AvgIpc) is 3.05. The first kappa shape index (κ1) is 19.1. The van der Waals surface area contributed by atoms with Crippen molar-refractivity contribution in [1.82, 2.24) is 5.32 Å². The van der Waals surface area contributed by atoms with Crippen molar-refractivity contribution in [2.45, 2.75) is 33.1 Å². The van der Waals surface area contributed by atoms with Crippen molar-refractivity contribution in [1.29, 1.82) is 0 Å². The van der Waals surface area contributed by atoms with Crippen LogP contribution in [0.1, 0.15) is 35.3 Å². The summed E-state index contributed by atoms with van der Waals surface area (Å²) in [5.74, 6) is -1.01. The van der Waals surface area contributed by atoms with Crippen LogP contribution in [0.25, 0.3) is 0 Å². The monoisotopic (exact) mass is 367 g/mol. The molecule has 1 unspecified atom stereocenters. The summed E-state index contributed by atoms with van der Waals surface area (Å²) in [6.07, 6.45) is 0. The number of amides is 1. The summed E-state index contributed by atoms with van der Waals surface area (Å²) in [5, 5.41) is 12.5. The zero-order chi connectivity index (χ0) is 19.4. The van der Waals surface area contributed by atoms with Crippen molar-refractivity contribution in [2.24, 2.45) is 5.92 Å². The molecule has 0 aliphatic carbocycles. The second kappa shape index (κ2) is 8.37.